The Hall–Kier alpha value is -1.63. The number of hydrogen-bond acceptors (Lipinski definition) is 4. The van der Waals surface area contributed by atoms with E-state index in [4.69, 9.17) is 4.74 Å². The summed E-state index contributed by atoms with van der Waals surface area (Å²) >= 11 is 0. The number of ether oxygens (including phenoxy) is 1. The minimum absolute atomic E-state index is 0.151. The summed E-state index contributed by atoms with van der Waals surface area (Å²) < 4.78 is 5.06. The first-order valence-corrected chi connectivity index (χ1v) is 6.21. The number of hydrogen-bond donors (Lipinski definition) is 3. The lowest BCUT2D eigenvalue weighted by Gasteiger charge is -2.25. The van der Waals surface area contributed by atoms with Crippen molar-refractivity contribution < 1.29 is 19.1 Å². The number of urea groups is 1. The first-order chi connectivity index (χ1) is 8.84. The number of imide groups is 1. The highest BCUT2D eigenvalue weighted by Crippen LogP contribution is 2.13. The monoisotopic (exact) mass is 271 g/mol. The van der Waals surface area contributed by atoms with Gasteiger partial charge in [-0.15, -0.1) is 0 Å². The first kappa shape index (κ1) is 15.4. The van der Waals surface area contributed by atoms with E-state index in [1.807, 2.05) is 13.8 Å². The summed E-state index contributed by atoms with van der Waals surface area (Å²) in [6.07, 6.45) is 0.451. The van der Waals surface area contributed by atoms with Crippen LogP contribution in [0.25, 0.3) is 0 Å². The topological polar surface area (TPSA) is 96.5 Å². The molecule has 0 aliphatic carbocycles. The van der Waals surface area contributed by atoms with Gasteiger partial charge in [-0.05, 0) is 6.42 Å². The van der Waals surface area contributed by atoms with Gasteiger partial charge in [0.2, 0.25) is 11.8 Å². The molecule has 1 heterocycles. The second kappa shape index (κ2) is 6.51. The zero-order valence-electron chi connectivity index (χ0n) is 11.5. The highest BCUT2D eigenvalue weighted by atomic mass is 16.5. The maximum atomic E-state index is 11.9. The highest BCUT2D eigenvalue weighted by molar-refractivity contribution is 5.98. The zero-order chi connectivity index (χ0) is 14.5. The number of carbonyl (C=O) groups excluding carboxylic acids is 3. The second-order valence-corrected chi connectivity index (χ2v) is 5.43. The molecular formula is C12H21N3O4. The molecule has 1 atom stereocenters. The van der Waals surface area contributed by atoms with Crippen molar-refractivity contribution in [3.05, 3.63) is 0 Å². The molecule has 3 N–H and O–H groups in total. The Kier molecular flexibility index (Phi) is 5.29. The Morgan fingerprint density at radius 1 is 1.47 bits per heavy atom. The van der Waals surface area contributed by atoms with Gasteiger partial charge in [0.1, 0.15) is 6.04 Å². The van der Waals surface area contributed by atoms with E-state index >= 15 is 0 Å². The Balaban J connectivity index is 2.49. The molecule has 0 bridgehead atoms. The van der Waals surface area contributed by atoms with Crippen LogP contribution in [0.4, 0.5) is 4.79 Å². The van der Waals surface area contributed by atoms with Crippen LogP contribution in [0.15, 0.2) is 0 Å². The molecule has 7 heteroatoms. The van der Waals surface area contributed by atoms with E-state index in [-0.39, 0.29) is 23.7 Å². The molecule has 1 saturated heterocycles. The van der Waals surface area contributed by atoms with Crippen LogP contribution in [0.1, 0.15) is 26.7 Å². The van der Waals surface area contributed by atoms with Crippen molar-refractivity contribution in [2.45, 2.75) is 32.7 Å². The fourth-order valence-corrected chi connectivity index (χ4v) is 1.82. The van der Waals surface area contributed by atoms with Crippen LogP contribution in [0.2, 0.25) is 0 Å². The van der Waals surface area contributed by atoms with Gasteiger partial charge in [0, 0.05) is 25.5 Å². The van der Waals surface area contributed by atoms with E-state index < -0.39 is 12.1 Å². The molecule has 1 rings (SSSR count). The van der Waals surface area contributed by atoms with Gasteiger partial charge < -0.3 is 15.4 Å². The van der Waals surface area contributed by atoms with Crippen molar-refractivity contribution in [3.8, 4) is 0 Å². The molecule has 108 valence electrons. The standard InChI is InChI=1S/C12H21N3O4/c1-12(2,7-19-3)6-13-10(17)8-4-5-9(16)15-11(18)14-8/h8H,4-7H2,1-3H3,(H,13,17)(H2,14,15,16,18). The molecule has 19 heavy (non-hydrogen) atoms. The maximum absolute atomic E-state index is 11.9. The van der Waals surface area contributed by atoms with Gasteiger partial charge in [0.05, 0.1) is 6.61 Å². The molecule has 7 nitrogen and oxygen atoms in total. The molecule has 0 spiro atoms. The van der Waals surface area contributed by atoms with Crippen molar-refractivity contribution in [2.75, 3.05) is 20.3 Å². The summed E-state index contributed by atoms with van der Waals surface area (Å²) in [5.41, 5.74) is -0.187. The third-order valence-electron chi connectivity index (χ3n) is 2.81. The molecule has 0 aromatic heterocycles. The van der Waals surface area contributed by atoms with Crippen molar-refractivity contribution in [1.82, 2.24) is 16.0 Å². The lowest BCUT2D eigenvalue weighted by molar-refractivity contribution is -0.123. The zero-order valence-corrected chi connectivity index (χ0v) is 11.5. The maximum Gasteiger partial charge on any atom is 0.322 e. The smallest absolute Gasteiger partial charge is 0.322 e. The SMILES string of the molecule is COCC(C)(C)CNC(=O)C1CCC(=O)NC(=O)N1. The Labute approximate surface area is 112 Å². The van der Waals surface area contributed by atoms with Crippen LogP contribution in [0, 0.1) is 5.41 Å². The average molecular weight is 271 g/mol. The van der Waals surface area contributed by atoms with E-state index in [0.29, 0.717) is 19.6 Å². The number of carbonyl (C=O) groups is 3. The molecule has 0 aromatic rings. The van der Waals surface area contributed by atoms with E-state index in [0.717, 1.165) is 0 Å². The van der Waals surface area contributed by atoms with Crippen molar-refractivity contribution in [3.63, 3.8) is 0 Å². The molecule has 0 radical (unpaired) electrons. The molecule has 1 fully saturated rings. The fourth-order valence-electron chi connectivity index (χ4n) is 1.82. The third kappa shape index (κ3) is 5.25. The molecular weight excluding hydrogens is 250 g/mol. The van der Waals surface area contributed by atoms with Crippen molar-refractivity contribution in [1.29, 1.82) is 0 Å². The Morgan fingerprint density at radius 2 is 2.16 bits per heavy atom. The van der Waals surface area contributed by atoms with Crippen LogP contribution in [-0.4, -0.2) is 44.1 Å². The number of nitrogens with one attached hydrogen (secondary N) is 3. The lowest BCUT2D eigenvalue weighted by atomic mass is 9.94. The van der Waals surface area contributed by atoms with E-state index in [1.54, 1.807) is 7.11 Å². The summed E-state index contributed by atoms with van der Waals surface area (Å²) in [5.74, 6) is -0.651. The van der Waals surface area contributed by atoms with Crippen molar-refractivity contribution >= 4 is 17.8 Å². The van der Waals surface area contributed by atoms with Crippen LogP contribution in [0.3, 0.4) is 0 Å². The van der Waals surface area contributed by atoms with Crippen LogP contribution in [0.5, 0.6) is 0 Å². The van der Waals surface area contributed by atoms with Gasteiger partial charge in [-0.3, -0.25) is 14.9 Å². The summed E-state index contributed by atoms with van der Waals surface area (Å²) in [7, 11) is 1.60. The lowest BCUT2D eigenvalue weighted by Crippen LogP contribution is -2.50. The summed E-state index contributed by atoms with van der Waals surface area (Å²) in [4.78, 5) is 34.4. The molecule has 0 saturated carbocycles. The quantitative estimate of drug-likeness (QED) is 0.643. The minimum Gasteiger partial charge on any atom is -0.384 e. The van der Waals surface area contributed by atoms with Crippen LogP contribution in [-0.2, 0) is 14.3 Å². The molecule has 4 amide bonds. The largest absolute Gasteiger partial charge is 0.384 e. The van der Waals surface area contributed by atoms with E-state index in [2.05, 4.69) is 16.0 Å². The summed E-state index contributed by atoms with van der Waals surface area (Å²) in [5, 5.41) is 7.36. The third-order valence-corrected chi connectivity index (χ3v) is 2.81. The number of rotatable bonds is 5. The van der Waals surface area contributed by atoms with E-state index in [9.17, 15) is 14.4 Å². The molecule has 1 unspecified atom stereocenters. The van der Waals surface area contributed by atoms with Gasteiger partial charge in [-0.2, -0.15) is 0 Å². The number of methoxy groups -OCH3 is 1. The average Bonchev–Trinajstić information content (AvgIpc) is 2.47. The van der Waals surface area contributed by atoms with Gasteiger partial charge in [0.25, 0.3) is 0 Å². The van der Waals surface area contributed by atoms with Gasteiger partial charge in [-0.1, -0.05) is 13.8 Å². The molecule has 1 aliphatic heterocycles. The Morgan fingerprint density at radius 3 is 2.79 bits per heavy atom. The summed E-state index contributed by atoms with van der Waals surface area (Å²) in [6.45, 7) is 4.89. The molecule has 1 aliphatic rings. The molecule has 0 aromatic carbocycles. The van der Waals surface area contributed by atoms with Gasteiger partial charge >= 0.3 is 6.03 Å². The van der Waals surface area contributed by atoms with Crippen LogP contribution < -0.4 is 16.0 Å². The van der Waals surface area contributed by atoms with Gasteiger partial charge in [0.15, 0.2) is 0 Å². The van der Waals surface area contributed by atoms with Crippen LogP contribution >= 0.6 is 0 Å². The van der Waals surface area contributed by atoms with E-state index in [1.165, 1.54) is 0 Å². The second-order valence-electron chi connectivity index (χ2n) is 5.43. The summed E-state index contributed by atoms with van der Waals surface area (Å²) in [6, 6.07) is -1.30. The minimum atomic E-state index is -0.676. The predicted molar refractivity (Wildman–Crippen MR) is 68.4 cm³/mol. The first-order valence-electron chi connectivity index (χ1n) is 6.21. The van der Waals surface area contributed by atoms with Crippen molar-refractivity contribution in [2.24, 2.45) is 5.41 Å². The normalized spacial score (nSPS) is 20.3. The fraction of sp³-hybridized carbons (Fsp3) is 0.750. The van der Waals surface area contributed by atoms with Gasteiger partial charge in [-0.25, -0.2) is 4.79 Å². The number of amides is 4. The Bertz CT molecular complexity index is 368. The predicted octanol–water partition coefficient (Wildman–Crippen LogP) is -0.237. The highest BCUT2D eigenvalue weighted by Gasteiger charge is 2.27.